The van der Waals surface area contributed by atoms with E-state index in [9.17, 15) is 9.36 Å². The van der Waals surface area contributed by atoms with Crippen LogP contribution in [0.1, 0.15) is 59.8 Å². The van der Waals surface area contributed by atoms with Crippen molar-refractivity contribution in [3.63, 3.8) is 0 Å². The van der Waals surface area contributed by atoms with Gasteiger partial charge in [-0.3, -0.25) is 9.36 Å². The Morgan fingerprint density at radius 2 is 1.46 bits per heavy atom. The molecule has 0 bridgehead atoms. The van der Waals surface area contributed by atoms with Gasteiger partial charge in [0.2, 0.25) is 0 Å². The summed E-state index contributed by atoms with van der Waals surface area (Å²) in [5.74, 6) is -2.21. The normalized spacial score (nSPS) is 14.4. The minimum atomic E-state index is -4.31. The first-order chi connectivity index (χ1) is 11.0. The van der Waals surface area contributed by atoms with Gasteiger partial charge in [-0.25, -0.2) is 0 Å². The molecule has 0 aliphatic carbocycles. The summed E-state index contributed by atoms with van der Waals surface area (Å²) >= 11 is 0. The fourth-order valence-corrected chi connectivity index (χ4v) is 3.10. The number of hydrogen-bond donors (Lipinski definition) is 3. The molecule has 5 nitrogen and oxygen atoms in total. The Balaban J connectivity index is 4.37. The molecule has 0 aliphatic rings. The highest BCUT2D eigenvalue weighted by Crippen LogP contribution is 2.38. The van der Waals surface area contributed by atoms with Crippen molar-refractivity contribution in [2.45, 2.75) is 59.8 Å². The Labute approximate surface area is 145 Å². The molecule has 1 atom stereocenters. The van der Waals surface area contributed by atoms with Gasteiger partial charge in [-0.2, -0.15) is 0 Å². The largest absolute Gasteiger partial charge is 0.481 e. The standard InChI is InChI=1S/C18H31O5P/c1-14(2)7-5-8-15(3)9-6-10-16(4)11-12-17(18(19)20)13-24(21,22)23/h7,9,11,17H,5-6,8,10,12-13H2,1-4H3,(H,19,20)(H2,21,22,23)/b15-9+,16-11+. The number of allylic oxidation sites excluding steroid dienone is 6. The Kier molecular flexibility index (Phi) is 10.9. The molecule has 0 radical (unpaired) electrons. The van der Waals surface area contributed by atoms with Gasteiger partial charge >= 0.3 is 13.6 Å². The van der Waals surface area contributed by atoms with Crippen molar-refractivity contribution in [1.82, 2.24) is 0 Å². The smallest absolute Gasteiger partial charge is 0.326 e. The summed E-state index contributed by atoms with van der Waals surface area (Å²) < 4.78 is 11.0. The topological polar surface area (TPSA) is 94.8 Å². The summed E-state index contributed by atoms with van der Waals surface area (Å²) in [6, 6.07) is 0. The first-order valence-corrected chi connectivity index (χ1v) is 10.0. The maximum atomic E-state index is 11.1. The molecule has 3 N–H and O–H groups in total. The van der Waals surface area contributed by atoms with Crippen molar-refractivity contribution < 1.29 is 24.3 Å². The van der Waals surface area contributed by atoms with Crippen LogP contribution in [-0.4, -0.2) is 27.0 Å². The number of rotatable bonds is 11. The van der Waals surface area contributed by atoms with Gasteiger partial charge < -0.3 is 14.9 Å². The van der Waals surface area contributed by atoms with E-state index >= 15 is 0 Å². The van der Waals surface area contributed by atoms with E-state index in [4.69, 9.17) is 14.9 Å². The van der Waals surface area contributed by atoms with Crippen LogP contribution in [0.15, 0.2) is 34.9 Å². The second-order valence-electron chi connectivity index (χ2n) is 6.58. The Bertz CT molecular complexity index is 536. The quantitative estimate of drug-likeness (QED) is 0.368. The Morgan fingerprint density at radius 1 is 0.958 bits per heavy atom. The molecule has 0 fully saturated rings. The zero-order chi connectivity index (χ0) is 18.8. The Hall–Kier alpha value is -1.16. The minimum Gasteiger partial charge on any atom is -0.481 e. The lowest BCUT2D eigenvalue weighted by molar-refractivity contribution is -0.140. The molecule has 0 spiro atoms. The molecule has 0 rings (SSSR count). The van der Waals surface area contributed by atoms with Gasteiger partial charge in [0.15, 0.2) is 0 Å². The van der Waals surface area contributed by atoms with E-state index in [1.54, 1.807) is 6.08 Å². The monoisotopic (exact) mass is 358 g/mol. The molecule has 1 unspecified atom stereocenters. The van der Waals surface area contributed by atoms with Gasteiger partial charge in [-0.1, -0.05) is 34.9 Å². The van der Waals surface area contributed by atoms with Crippen molar-refractivity contribution in [2.24, 2.45) is 5.92 Å². The van der Waals surface area contributed by atoms with E-state index in [1.807, 2.05) is 6.92 Å². The maximum Gasteiger partial charge on any atom is 0.326 e. The van der Waals surface area contributed by atoms with Crippen molar-refractivity contribution in [3.05, 3.63) is 34.9 Å². The van der Waals surface area contributed by atoms with Crippen LogP contribution in [-0.2, 0) is 9.36 Å². The minimum absolute atomic E-state index is 0.148. The van der Waals surface area contributed by atoms with Crippen molar-refractivity contribution in [2.75, 3.05) is 6.16 Å². The summed E-state index contributed by atoms with van der Waals surface area (Å²) in [6.07, 6.45) is 9.52. The number of carbonyl (C=O) groups is 1. The molecule has 6 heteroatoms. The number of aliphatic carboxylic acids is 1. The van der Waals surface area contributed by atoms with Crippen LogP contribution in [0.25, 0.3) is 0 Å². The van der Waals surface area contributed by atoms with Crippen LogP contribution in [0.3, 0.4) is 0 Å². The van der Waals surface area contributed by atoms with E-state index in [-0.39, 0.29) is 6.42 Å². The molecule has 0 aromatic rings. The van der Waals surface area contributed by atoms with E-state index in [1.165, 1.54) is 11.1 Å². The van der Waals surface area contributed by atoms with E-state index in [0.29, 0.717) is 0 Å². The average Bonchev–Trinajstić information content (AvgIpc) is 2.41. The molecule has 0 aromatic carbocycles. The van der Waals surface area contributed by atoms with Crippen molar-refractivity contribution in [3.8, 4) is 0 Å². The number of carboxylic acid groups (broad SMARTS) is 1. The molecule has 0 aromatic heterocycles. The number of carboxylic acids is 1. The van der Waals surface area contributed by atoms with Crippen LogP contribution in [0.2, 0.25) is 0 Å². The van der Waals surface area contributed by atoms with Gasteiger partial charge in [0.1, 0.15) is 0 Å². The summed E-state index contributed by atoms with van der Waals surface area (Å²) in [4.78, 5) is 28.9. The van der Waals surface area contributed by atoms with Crippen LogP contribution < -0.4 is 0 Å². The van der Waals surface area contributed by atoms with E-state index in [0.717, 1.165) is 31.3 Å². The van der Waals surface area contributed by atoms with Gasteiger partial charge in [0.25, 0.3) is 0 Å². The van der Waals surface area contributed by atoms with E-state index in [2.05, 4.69) is 32.9 Å². The SMILES string of the molecule is CC(C)=CCC/C(C)=C/CC/C(C)=C/CC(CP(=O)(O)O)C(=O)O. The first-order valence-electron chi connectivity index (χ1n) is 8.23. The van der Waals surface area contributed by atoms with Crippen LogP contribution in [0.4, 0.5) is 0 Å². The first kappa shape index (κ1) is 22.8. The molecule has 0 aliphatic heterocycles. The second kappa shape index (κ2) is 11.4. The molecule has 0 amide bonds. The lowest BCUT2D eigenvalue weighted by Crippen LogP contribution is -2.17. The van der Waals surface area contributed by atoms with E-state index < -0.39 is 25.6 Å². The third kappa shape index (κ3) is 13.3. The van der Waals surface area contributed by atoms with Crippen LogP contribution in [0.5, 0.6) is 0 Å². The highest BCUT2D eigenvalue weighted by Gasteiger charge is 2.26. The zero-order valence-electron chi connectivity index (χ0n) is 15.2. The lowest BCUT2D eigenvalue weighted by Gasteiger charge is -2.11. The molecule has 0 saturated carbocycles. The second-order valence-corrected chi connectivity index (χ2v) is 8.27. The fraction of sp³-hybridized carbons (Fsp3) is 0.611. The molecular formula is C18H31O5P. The Morgan fingerprint density at radius 3 is 1.92 bits per heavy atom. The van der Waals surface area contributed by atoms with Crippen molar-refractivity contribution >= 4 is 13.6 Å². The van der Waals surface area contributed by atoms with Gasteiger partial charge in [0, 0.05) is 0 Å². The predicted molar refractivity (Wildman–Crippen MR) is 98.1 cm³/mol. The summed E-state index contributed by atoms with van der Waals surface area (Å²) in [7, 11) is -4.31. The highest BCUT2D eigenvalue weighted by molar-refractivity contribution is 7.51. The van der Waals surface area contributed by atoms with Crippen molar-refractivity contribution in [1.29, 1.82) is 0 Å². The highest BCUT2D eigenvalue weighted by atomic mass is 31.2. The summed E-state index contributed by atoms with van der Waals surface area (Å²) in [5, 5.41) is 9.03. The third-order valence-electron chi connectivity index (χ3n) is 3.68. The third-order valence-corrected chi connectivity index (χ3v) is 4.60. The van der Waals surface area contributed by atoms with Crippen LogP contribution >= 0.6 is 7.60 Å². The zero-order valence-corrected chi connectivity index (χ0v) is 16.1. The number of hydrogen-bond acceptors (Lipinski definition) is 2. The van der Waals surface area contributed by atoms with Gasteiger partial charge in [-0.05, 0) is 59.8 Å². The van der Waals surface area contributed by atoms with Crippen LogP contribution in [0, 0.1) is 5.92 Å². The average molecular weight is 358 g/mol. The molecule has 24 heavy (non-hydrogen) atoms. The maximum absolute atomic E-state index is 11.1. The van der Waals surface area contributed by atoms with Gasteiger partial charge in [-0.15, -0.1) is 0 Å². The molecule has 0 saturated heterocycles. The fourth-order valence-electron chi connectivity index (χ4n) is 2.22. The molecule has 0 heterocycles. The lowest BCUT2D eigenvalue weighted by atomic mass is 10.0. The summed E-state index contributed by atoms with van der Waals surface area (Å²) in [5.41, 5.74) is 3.70. The molecular weight excluding hydrogens is 327 g/mol. The predicted octanol–water partition coefficient (Wildman–Crippen LogP) is 4.67. The van der Waals surface area contributed by atoms with Gasteiger partial charge in [0.05, 0.1) is 12.1 Å². The summed E-state index contributed by atoms with van der Waals surface area (Å²) in [6.45, 7) is 8.20. The molecule has 138 valence electrons.